The van der Waals surface area contributed by atoms with Gasteiger partial charge < -0.3 is 20.4 Å². The van der Waals surface area contributed by atoms with Crippen LogP contribution in [0.5, 0.6) is 17.2 Å². The number of oxime groups is 1. The maximum absolute atomic E-state index is 8.65. The highest BCUT2D eigenvalue weighted by atomic mass is 35.5. The van der Waals surface area contributed by atoms with Crippen LogP contribution in [-0.2, 0) is 0 Å². The quantitative estimate of drug-likeness (QED) is 0.392. The van der Waals surface area contributed by atoms with Crippen LogP contribution in [0.4, 0.5) is 0 Å². The zero-order valence-electron chi connectivity index (χ0n) is 11.6. The summed E-state index contributed by atoms with van der Waals surface area (Å²) in [4.78, 5) is 0. The zero-order valence-corrected chi connectivity index (χ0v) is 12.4. The van der Waals surface area contributed by atoms with Crippen LogP contribution in [-0.4, -0.2) is 18.2 Å². The fourth-order valence-corrected chi connectivity index (χ4v) is 2.00. The Morgan fingerprint density at radius 3 is 2.48 bits per heavy atom. The summed E-state index contributed by atoms with van der Waals surface area (Å²) in [7, 11) is 1.57. The molecule has 5 nitrogen and oxygen atoms in total. The first-order valence-corrected chi connectivity index (χ1v) is 6.53. The van der Waals surface area contributed by atoms with Crippen molar-refractivity contribution >= 4 is 17.4 Å². The van der Waals surface area contributed by atoms with Gasteiger partial charge in [-0.2, -0.15) is 0 Å². The number of hydrogen-bond donors (Lipinski definition) is 2. The lowest BCUT2D eigenvalue weighted by atomic mass is 10.2. The maximum atomic E-state index is 8.65. The Labute approximate surface area is 127 Å². The molecule has 0 aliphatic heterocycles. The smallest absolute Gasteiger partial charge is 0.170 e. The molecule has 21 heavy (non-hydrogen) atoms. The fraction of sp³-hybridized carbons (Fsp3) is 0.133. The fourth-order valence-electron chi connectivity index (χ4n) is 1.78. The van der Waals surface area contributed by atoms with Gasteiger partial charge in [-0.25, -0.2) is 0 Å². The highest BCUT2D eigenvalue weighted by Gasteiger charge is 2.10. The lowest BCUT2D eigenvalue weighted by Gasteiger charge is -2.12. The minimum atomic E-state index is -0.0173. The van der Waals surface area contributed by atoms with E-state index in [0.29, 0.717) is 27.8 Å². The highest BCUT2D eigenvalue weighted by molar-refractivity contribution is 6.32. The van der Waals surface area contributed by atoms with Gasteiger partial charge in [0.2, 0.25) is 0 Å². The van der Waals surface area contributed by atoms with Crippen molar-refractivity contribution < 1.29 is 14.7 Å². The molecule has 0 amide bonds. The van der Waals surface area contributed by atoms with Crippen LogP contribution in [0.1, 0.15) is 11.1 Å². The number of methoxy groups -OCH3 is 1. The minimum absolute atomic E-state index is 0.0173. The van der Waals surface area contributed by atoms with Crippen LogP contribution in [0, 0.1) is 6.92 Å². The molecule has 110 valence electrons. The van der Waals surface area contributed by atoms with Crippen molar-refractivity contribution in [2.24, 2.45) is 10.9 Å². The number of amidine groups is 1. The third-order valence-electron chi connectivity index (χ3n) is 2.87. The maximum Gasteiger partial charge on any atom is 0.170 e. The molecule has 6 heteroatoms. The molecule has 0 bridgehead atoms. The molecule has 0 saturated carbocycles. The van der Waals surface area contributed by atoms with E-state index in [0.717, 1.165) is 5.56 Å². The average Bonchev–Trinajstić information content (AvgIpc) is 2.49. The van der Waals surface area contributed by atoms with Gasteiger partial charge in [-0.1, -0.05) is 22.8 Å². The van der Waals surface area contributed by atoms with Gasteiger partial charge >= 0.3 is 0 Å². The third kappa shape index (κ3) is 3.38. The Morgan fingerprint density at radius 1 is 1.14 bits per heavy atom. The predicted octanol–water partition coefficient (Wildman–Crippen LogP) is 3.54. The molecule has 0 fully saturated rings. The van der Waals surface area contributed by atoms with E-state index in [4.69, 9.17) is 32.0 Å². The van der Waals surface area contributed by atoms with Gasteiger partial charge in [0.1, 0.15) is 5.75 Å². The van der Waals surface area contributed by atoms with E-state index in [2.05, 4.69) is 5.16 Å². The van der Waals surface area contributed by atoms with Crippen molar-refractivity contribution in [3.8, 4) is 17.2 Å². The van der Waals surface area contributed by atoms with Crippen molar-refractivity contribution in [1.29, 1.82) is 0 Å². The number of halogens is 1. The minimum Gasteiger partial charge on any atom is -0.493 e. The Bertz CT molecular complexity index is 687. The molecule has 0 aromatic heterocycles. The Kier molecular flexibility index (Phi) is 4.55. The summed E-state index contributed by atoms with van der Waals surface area (Å²) >= 11 is 6.15. The van der Waals surface area contributed by atoms with E-state index in [1.54, 1.807) is 25.3 Å². The first-order valence-electron chi connectivity index (χ1n) is 6.15. The predicted molar refractivity (Wildman–Crippen MR) is 81.8 cm³/mol. The van der Waals surface area contributed by atoms with Crippen molar-refractivity contribution in [1.82, 2.24) is 0 Å². The van der Waals surface area contributed by atoms with Crippen LogP contribution < -0.4 is 15.2 Å². The molecule has 2 aromatic carbocycles. The van der Waals surface area contributed by atoms with Crippen molar-refractivity contribution in [3.63, 3.8) is 0 Å². The van der Waals surface area contributed by atoms with Gasteiger partial charge in [-0.05, 0) is 42.8 Å². The summed E-state index contributed by atoms with van der Waals surface area (Å²) in [5.41, 5.74) is 7.08. The van der Waals surface area contributed by atoms with Gasteiger partial charge in [0, 0.05) is 5.56 Å². The van der Waals surface area contributed by atoms with E-state index in [9.17, 15) is 0 Å². The molecular weight excluding hydrogens is 292 g/mol. The van der Waals surface area contributed by atoms with E-state index in [1.807, 2.05) is 25.1 Å². The second-order valence-electron chi connectivity index (χ2n) is 4.39. The summed E-state index contributed by atoms with van der Waals surface area (Å²) in [6.45, 7) is 1.96. The van der Waals surface area contributed by atoms with E-state index in [1.165, 1.54) is 0 Å². The molecule has 0 aliphatic carbocycles. The molecule has 0 aliphatic rings. The molecular formula is C15H15ClN2O3. The molecule has 0 unspecified atom stereocenters. The monoisotopic (exact) mass is 306 g/mol. The lowest BCUT2D eigenvalue weighted by Crippen LogP contribution is -2.12. The molecule has 0 radical (unpaired) electrons. The number of hydrogen-bond acceptors (Lipinski definition) is 4. The summed E-state index contributed by atoms with van der Waals surface area (Å²) in [5, 5.41) is 11.9. The molecule has 0 saturated heterocycles. The van der Waals surface area contributed by atoms with Gasteiger partial charge in [0.25, 0.3) is 0 Å². The Hall–Kier alpha value is -2.40. The SMILES string of the molecule is COc1cc(C)ccc1Oc1ccc(C(N)=NO)cc1Cl. The van der Waals surface area contributed by atoms with E-state index >= 15 is 0 Å². The van der Waals surface area contributed by atoms with E-state index in [-0.39, 0.29) is 5.84 Å². The van der Waals surface area contributed by atoms with Crippen LogP contribution in [0.15, 0.2) is 41.6 Å². The summed E-state index contributed by atoms with van der Waals surface area (Å²) < 4.78 is 11.0. The second-order valence-corrected chi connectivity index (χ2v) is 4.79. The number of benzene rings is 2. The van der Waals surface area contributed by atoms with Crippen LogP contribution in [0.3, 0.4) is 0 Å². The number of rotatable bonds is 4. The largest absolute Gasteiger partial charge is 0.493 e. The average molecular weight is 307 g/mol. The number of nitrogens with two attached hydrogens (primary N) is 1. The molecule has 2 rings (SSSR count). The molecule has 0 heterocycles. The van der Waals surface area contributed by atoms with Gasteiger partial charge in [-0.15, -0.1) is 0 Å². The van der Waals surface area contributed by atoms with Crippen molar-refractivity contribution in [3.05, 3.63) is 52.5 Å². The van der Waals surface area contributed by atoms with E-state index < -0.39 is 0 Å². The number of aryl methyl sites for hydroxylation is 1. The van der Waals surface area contributed by atoms with Crippen LogP contribution >= 0.6 is 11.6 Å². The number of ether oxygens (including phenoxy) is 2. The first kappa shape index (κ1) is 15.0. The Balaban J connectivity index is 2.32. The van der Waals surface area contributed by atoms with Crippen molar-refractivity contribution in [2.45, 2.75) is 6.92 Å². The zero-order chi connectivity index (χ0) is 15.4. The van der Waals surface area contributed by atoms with Gasteiger partial charge in [-0.3, -0.25) is 0 Å². The van der Waals surface area contributed by atoms with Gasteiger partial charge in [0.15, 0.2) is 17.3 Å². The van der Waals surface area contributed by atoms with Crippen molar-refractivity contribution in [2.75, 3.05) is 7.11 Å². The second kappa shape index (κ2) is 6.37. The summed E-state index contributed by atoms with van der Waals surface area (Å²) in [5.74, 6) is 1.61. The lowest BCUT2D eigenvalue weighted by molar-refractivity contribution is 0.318. The van der Waals surface area contributed by atoms with Crippen LogP contribution in [0.25, 0.3) is 0 Å². The van der Waals surface area contributed by atoms with Crippen LogP contribution in [0.2, 0.25) is 5.02 Å². The molecule has 0 spiro atoms. The number of nitrogens with zero attached hydrogens (tertiary/aromatic N) is 1. The summed E-state index contributed by atoms with van der Waals surface area (Å²) in [6.07, 6.45) is 0. The Morgan fingerprint density at radius 2 is 1.86 bits per heavy atom. The highest BCUT2D eigenvalue weighted by Crippen LogP contribution is 2.35. The first-order chi connectivity index (χ1) is 10.0. The standard InChI is InChI=1S/C15H15ClN2O3/c1-9-3-5-13(14(7-9)20-2)21-12-6-4-10(8-11(12)16)15(17)18-19/h3-8,19H,1-2H3,(H2,17,18). The topological polar surface area (TPSA) is 77.1 Å². The van der Waals surface area contributed by atoms with Gasteiger partial charge in [0.05, 0.1) is 12.1 Å². The third-order valence-corrected chi connectivity index (χ3v) is 3.17. The normalized spacial score (nSPS) is 11.3. The molecule has 2 aromatic rings. The molecule has 3 N–H and O–H groups in total. The summed E-state index contributed by atoms with van der Waals surface area (Å²) in [6, 6.07) is 10.4. The molecule has 0 atom stereocenters.